The summed E-state index contributed by atoms with van der Waals surface area (Å²) in [5.74, 6) is -0.916. The van der Waals surface area contributed by atoms with E-state index in [4.69, 9.17) is 17.3 Å². The molecule has 0 amide bonds. The van der Waals surface area contributed by atoms with E-state index in [0.29, 0.717) is 5.02 Å². The Morgan fingerprint density at radius 3 is 2.71 bits per heavy atom. The number of benzene rings is 1. The number of hydrogen-bond acceptors (Lipinski definition) is 2. The van der Waals surface area contributed by atoms with Gasteiger partial charge in [0.05, 0.1) is 5.02 Å². The Kier molecular flexibility index (Phi) is 3.76. The first-order valence-electron chi connectivity index (χ1n) is 5.00. The second-order valence-corrected chi connectivity index (χ2v) is 5.03. The molecule has 0 saturated carbocycles. The van der Waals surface area contributed by atoms with Crippen molar-refractivity contribution in [2.75, 3.05) is 0 Å². The average Bonchev–Trinajstić information content (AvgIpc) is 2.70. The molecule has 1 nitrogen and oxygen atoms in total. The largest absolute Gasteiger partial charge is 0.323 e. The van der Waals surface area contributed by atoms with Crippen molar-refractivity contribution < 1.29 is 8.78 Å². The zero-order valence-electron chi connectivity index (χ0n) is 8.79. The Morgan fingerprint density at radius 1 is 1.29 bits per heavy atom. The Hall–Kier alpha value is -0.970. The van der Waals surface area contributed by atoms with Gasteiger partial charge in [-0.2, -0.15) is 0 Å². The van der Waals surface area contributed by atoms with Crippen LogP contribution in [0, 0.1) is 11.6 Å². The molecule has 1 aromatic carbocycles. The Labute approximate surface area is 107 Å². The van der Waals surface area contributed by atoms with Gasteiger partial charge in [-0.1, -0.05) is 11.6 Å². The molecule has 90 valence electrons. The fourth-order valence-electron chi connectivity index (χ4n) is 1.60. The summed E-state index contributed by atoms with van der Waals surface area (Å²) in [5, 5.41) is 2.39. The zero-order chi connectivity index (χ0) is 12.4. The van der Waals surface area contributed by atoms with Crippen molar-refractivity contribution in [3.05, 3.63) is 56.7 Å². The summed E-state index contributed by atoms with van der Waals surface area (Å²) in [4.78, 5) is 0.787. The smallest absolute Gasteiger partial charge is 0.126 e. The summed E-state index contributed by atoms with van der Waals surface area (Å²) in [5.41, 5.74) is 6.19. The van der Waals surface area contributed by atoms with Crippen LogP contribution in [0.5, 0.6) is 0 Å². The van der Waals surface area contributed by atoms with Gasteiger partial charge in [-0.05, 0) is 41.6 Å². The highest BCUT2D eigenvalue weighted by molar-refractivity contribution is 7.10. The van der Waals surface area contributed by atoms with Crippen LogP contribution in [0.2, 0.25) is 5.02 Å². The molecule has 0 radical (unpaired) electrons. The van der Waals surface area contributed by atoms with Crippen LogP contribution in [0.4, 0.5) is 8.78 Å². The molecular formula is C12H10ClF2NS. The molecule has 17 heavy (non-hydrogen) atoms. The van der Waals surface area contributed by atoms with Crippen molar-refractivity contribution in [2.24, 2.45) is 5.73 Å². The molecule has 0 aliphatic heterocycles. The standard InChI is InChI=1S/C12H10ClF2NS/c13-9-3-4-17-12(9)11(16)6-7-5-8(14)1-2-10(7)15/h1-5,11H,6,16H2. The predicted molar refractivity (Wildman–Crippen MR) is 66.3 cm³/mol. The molecule has 0 aliphatic carbocycles. The number of halogens is 3. The highest BCUT2D eigenvalue weighted by Gasteiger charge is 2.15. The Morgan fingerprint density at radius 2 is 2.06 bits per heavy atom. The molecule has 0 saturated heterocycles. The maximum Gasteiger partial charge on any atom is 0.126 e. The van der Waals surface area contributed by atoms with Crippen molar-refractivity contribution in [3.8, 4) is 0 Å². The minimum absolute atomic E-state index is 0.226. The molecule has 1 aromatic heterocycles. The van der Waals surface area contributed by atoms with Crippen LogP contribution in [0.25, 0.3) is 0 Å². The van der Waals surface area contributed by atoms with E-state index < -0.39 is 17.7 Å². The van der Waals surface area contributed by atoms with Crippen LogP contribution in [0.1, 0.15) is 16.5 Å². The summed E-state index contributed by atoms with van der Waals surface area (Å²) >= 11 is 7.35. The number of rotatable bonds is 3. The summed E-state index contributed by atoms with van der Waals surface area (Å²) in [6.45, 7) is 0. The lowest BCUT2D eigenvalue weighted by Gasteiger charge is -2.11. The third-order valence-corrected chi connectivity index (χ3v) is 3.92. The molecule has 1 heterocycles. The fourth-order valence-corrected chi connectivity index (χ4v) is 2.80. The molecule has 0 fully saturated rings. The maximum absolute atomic E-state index is 13.4. The molecule has 2 rings (SSSR count). The van der Waals surface area contributed by atoms with Gasteiger partial charge in [0.15, 0.2) is 0 Å². The van der Waals surface area contributed by atoms with Crippen LogP contribution in [0.3, 0.4) is 0 Å². The van der Waals surface area contributed by atoms with E-state index in [2.05, 4.69) is 0 Å². The lowest BCUT2D eigenvalue weighted by atomic mass is 10.0. The third-order valence-electron chi connectivity index (χ3n) is 2.43. The van der Waals surface area contributed by atoms with Gasteiger partial charge < -0.3 is 5.73 Å². The molecule has 2 aromatic rings. The van der Waals surface area contributed by atoms with E-state index in [1.54, 1.807) is 6.07 Å². The van der Waals surface area contributed by atoms with Crippen molar-refractivity contribution in [1.29, 1.82) is 0 Å². The molecule has 0 aliphatic rings. The maximum atomic E-state index is 13.4. The second-order valence-electron chi connectivity index (χ2n) is 3.68. The van der Waals surface area contributed by atoms with Crippen molar-refractivity contribution >= 4 is 22.9 Å². The van der Waals surface area contributed by atoms with Gasteiger partial charge in [0.2, 0.25) is 0 Å². The minimum Gasteiger partial charge on any atom is -0.323 e. The van der Waals surface area contributed by atoms with Gasteiger partial charge in [0.1, 0.15) is 11.6 Å². The quantitative estimate of drug-likeness (QED) is 0.901. The van der Waals surface area contributed by atoms with E-state index in [-0.39, 0.29) is 12.0 Å². The van der Waals surface area contributed by atoms with Gasteiger partial charge >= 0.3 is 0 Å². The molecule has 1 unspecified atom stereocenters. The first-order valence-corrected chi connectivity index (χ1v) is 6.26. The number of thiophene rings is 1. The molecule has 0 bridgehead atoms. The Bertz CT molecular complexity index is 527. The summed E-state index contributed by atoms with van der Waals surface area (Å²) in [6.07, 6.45) is 0.226. The molecule has 5 heteroatoms. The van der Waals surface area contributed by atoms with Crippen molar-refractivity contribution in [2.45, 2.75) is 12.5 Å². The van der Waals surface area contributed by atoms with Crippen LogP contribution in [-0.2, 0) is 6.42 Å². The number of hydrogen-bond donors (Lipinski definition) is 1. The molecular weight excluding hydrogens is 264 g/mol. The van der Waals surface area contributed by atoms with Crippen LogP contribution in [-0.4, -0.2) is 0 Å². The van der Waals surface area contributed by atoms with Crippen molar-refractivity contribution in [1.82, 2.24) is 0 Å². The van der Waals surface area contributed by atoms with Crippen LogP contribution >= 0.6 is 22.9 Å². The van der Waals surface area contributed by atoms with Gasteiger partial charge in [-0.15, -0.1) is 11.3 Å². The van der Waals surface area contributed by atoms with Crippen LogP contribution in [0.15, 0.2) is 29.6 Å². The lowest BCUT2D eigenvalue weighted by molar-refractivity contribution is 0.574. The SMILES string of the molecule is NC(Cc1cc(F)ccc1F)c1sccc1Cl. The monoisotopic (exact) mass is 273 g/mol. The van der Waals surface area contributed by atoms with Gasteiger partial charge in [-0.25, -0.2) is 8.78 Å². The topological polar surface area (TPSA) is 26.0 Å². The van der Waals surface area contributed by atoms with E-state index in [1.807, 2.05) is 5.38 Å². The zero-order valence-corrected chi connectivity index (χ0v) is 10.4. The molecule has 2 N–H and O–H groups in total. The Balaban J connectivity index is 2.21. The first kappa shape index (κ1) is 12.5. The van der Waals surface area contributed by atoms with Crippen molar-refractivity contribution in [3.63, 3.8) is 0 Å². The third kappa shape index (κ3) is 2.83. The van der Waals surface area contributed by atoms with E-state index in [9.17, 15) is 8.78 Å². The summed E-state index contributed by atoms with van der Waals surface area (Å²) in [6, 6.07) is 4.68. The lowest BCUT2D eigenvalue weighted by Crippen LogP contribution is -2.13. The first-order chi connectivity index (χ1) is 8.08. The predicted octanol–water partition coefficient (Wildman–Crippen LogP) is 3.92. The normalized spacial score (nSPS) is 12.7. The van der Waals surface area contributed by atoms with Gasteiger partial charge in [-0.3, -0.25) is 0 Å². The van der Waals surface area contributed by atoms with E-state index in [1.165, 1.54) is 11.3 Å². The highest BCUT2D eigenvalue weighted by atomic mass is 35.5. The number of nitrogens with two attached hydrogens (primary N) is 1. The average molecular weight is 274 g/mol. The van der Waals surface area contributed by atoms with Crippen LogP contribution < -0.4 is 5.73 Å². The highest BCUT2D eigenvalue weighted by Crippen LogP contribution is 2.29. The van der Waals surface area contributed by atoms with E-state index in [0.717, 1.165) is 23.1 Å². The fraction of sp³-hybridized carbons (Fsp3) is 0.167. The minimum atomic E-state index is -0.467. The second kappa shape index (κ2) is 5.12. The summed E-state index contributed by atoms with van der Waals surface area (Å²) in [7, 11) is 0. The molecule has 1 atom stereocenters. The summed E-state index contributed by atoms with van der Waals surface area (Å²) < 4.78 is 26.4. The van der Waals surface area contributed by atoms with Gasteiger partial charge in [0.25, 0.3) is 0 Å². The van der Waals surface area contributed by atoms with Gasteiger partial charge in [0, 0.05) is 10.9 Å². The molecule has 0 spiro atoms. The van der Waals surface area contributed by atoms with E-state index >= 15 is 0 Å².